The number of pyridine rings is 1. The van der Waals surface area contributed by atoms with E-state index in [1.807, 2.05) is 18.2 Å². The number of rotatable bonds is 4. The Balaban J connectivity index is 1.77. The number of aromatic nitrogens is 1. The van der Waals surface area contributed by atoms with Gasteiger partial charge in [-0.25, -0.2) is 18.2 Å². The monoisotopic (exact) mass is 357 g/mol. The van der Waals surface area contributed by atoms with E-state index in [4.69, 9.17) is 0 Å². The lowest BCUT2D eigenvalue weighted by atomic mass is 10.2. The molecule has 0 aliphatic rings. The predicted octanol–water partition coefficient (Wildman–Crippen LogP) is 4.52. The molecule has 7 heteroatoms. The van der Waals surface area contributed by atoms with Crippen LogP contribution in [0.2, 0.25) is 0 Å². The van der Waals surface area contributed by atoms with E-state index < -0.39 is 17.5 Å². The minimum Gasteiger partial charge on any atom is -0.352 e. The molecule has 0 aliphatic heterocycles. The van der Waals surface area contributed by atoms with Crippen molar-refractivity contribution in [3.63, 3.8) is 0 Å². The number of carbonyl (C=O) groups is 1. The number of benzene rings is 2. The average Bonchev–Trinajstić information content (AvgIpc) is 2.68. The van der Waals surface area contributed by atoms with Crippen molar-refractivity contribution >= 4 is 23.0 Å². The molecule has 132 valence electrons. The summed E-state index contributed by atoms with van der Waals surface area (Å²) in [5.41, 5.74) is 0.998. The van der Waals surface area contributed by atoms with Gasteiger partial charge in [0.25, 0.3) is 5.91 Å². The molecule has 0 saturated carbocycles. The first-order valence-corrected chi connectivity index (χ1v) is 7.67. The number of para-hydroxylation sites is 1. The lowest BCUT2D eigenvalue weighted by Gasteiger charge is -2.17. The third-order valence-electron chi connectivity index (χ3n) is 3.74. The Morgan fingerprint density at radius 2 is 1.69 bits per heavy atom. The standard InChI is InChI=1S/C19H14F3N3O/c1-25(13-5-3-2-4-6-13)19(26)16-9-7-12(11-23-16)24-15-10-8-14(20)17(21)18(15)22/h2-11,24H,1H3. The van der Waals surface area contributed by atoms with Crippen molar-refractivity contribution in [2.24, 2.45) is 0 Å². The summed E-state index contributed by atoms with van der Waals surface area (Å²) in [6.07, 6.45) is 1.31. The Morgan fingerprint density at radius 1 is 0.962 bits per heavy atom. The molecule has 3 rings (SSSR count). The second-order valence-electron chi connectivity index (χ2n) is 5.48. The summed E-state index contributed by atoms with van der Waals surface area (Å²) in [6, 6.07) is 13.9. The fourth-order valence-electron chi connectivity index (χ4n) is 2.31. The summed E-state index contributed by atoms with van der Waals surface area (Å²) in [7, 11) is 1.63. The topological polar surface area (TPSA) is 45.2 Å². The first-order chi connectivity index (χ1) is 12.5. The zero-order valence-corrected chi connectivity index (χ0v) is 13.7. The van der Waals surface area contributed by atoms with E-state index in [1.165, 1.54) is 23.2 Å². The van der Waals surface area contributed by atoms with Crippen LogP contribution in [0.4, 0.5) is 30.2 Å². The van der Waals surface area contributed by atoms with Gasteiger partial charge >= 0.3 is 0 Å². The zero-order chi connectivity index (χ0) is 18.7. The van der Waals surface area contributed by atoms with Crippen LogP contribution in [0.15, 0.2) is 60.8 Å². The van der Waals surface area contributed by atoms with Crippen molar-refractivity contribution in [1.82, 2.24) is 4.98 Å². The number of amides is 1. The highest BCUT2D eigenvalue weighted by Gasteiger charge is 2.16. The third kappa shape index (κ3) is 3.51. The van der Waals surface area contributed by atoms with E-state index in [0.29, 0.717) is 11.4 Å². The van der Waals surface area contributed by atoms with Crippen molar-refractivity contribution in [3.8, 4) is 0 Å². The second kappa shape index (κ2) is 7.26. The molecule has 0 radical (unpaired) electrons. The molecule has 0 bridgehead atoms. The molecule has 0 unspecified atom stereocenters. The smallest absolute Gasteiger partial charge is 0.276 e. The van der Waals surface area contributed by atoms with Crippen LogP contribution in [0, 0.1) is 17.5 Å². The van der Waals surface area contributed by atoms with Gasteiger partial charge < -0.3 is 10.2 Å². The van der Waals surface area contributed by atoms with Crippen molar-refractivity contribution in [3.05, 3.63) is 83.9 Å². The van der Waals surface area contributed by atoms with E-state index in [0.717, 1.165) is 12.1 Å². The number of nitrogens with zero attached hydrogens (tertiary/aromatic N) is 2. The Bertz CT molecular complexity index is 931. The number of hydrogen-bond acceptors (Lipinski definition) is 3. The normalized spacial score (nSPS) is 10.5. The predicted molar refractivity (Wildman–Crippen MR) is 93.0 cm³/mol. The van der Waals surface area contributed by atoms with Crippen LogP contribution in [-0.2, 0) is 0 Å². The summed E-state index contributed by atoms with van der Waals surface area (Å²) < 4.78 is 39.9. The lowest BCUT2D eigenvalue weighted by molar-refractivity contribution is 0.0988. The van der Waals surface area contributed by atoms with Crippen molar-refractivity contribution in [2.75, 3.05) is 17.3 Å². The molecule has 4 nitrogen and oxygen atoms in total. The Labute approximate surface area is 147 Å². The van der Waals surface area contributed by atoms with E-state index in [9.17, 15) is 18.0 Å². The molecule has 0 saturated heterocycles. The summed E-state index contributed by atoms with van der Waals surface area (Å²) >= 11 is 0. The molecule has 0 atom stereocenters. The highest BCUT2D eigenvalue weighted by atomic mass is 19.2. The summed E-state index contributed by atoms with van der Waals surface area (Å²) in [4.78, 5) is 17.9. The van der Waals surface area contributed by atoms with Gasteiger partial charge in [-0.2, -0.15) is 0 Å². The van der Waals surface area contributed by atoms with Crippen molar-refractivity contribution in [1.29, 1.82) is 0 Å². The molecule has 0 fully saturated rings. The maximum atomic E-state index is 13.7. The van der Waals surface area contributed by atoms with E-state index >= 15 is 0 Å². The molecule has 1 heterocycles. The molecular formula is C19H14F3N3O. The molecule has 1 N–H and O–H groups in total. The van der Waals surface area contributed by atoms with Crippen LogP contribution >= 0.6 is 0 Å². The van der Waals surface area contributed by atoms with Gasteiger partial charge in [0, 0.05) is 12.7 Å². The number of anilines is 3. The highest BCUT2D eigenvalue weighted by Crippen LogP contribution is 2.23. The Hall–Kier alpha value is -3.35. The fraction of sp³-hybridized carbons (Fsp3) is 0.0526. The second-order valence-corrected chi connectivity index (χ2v) is 5.48. The van der Waals surface area contributed by atoms with Crippen LogP contribution in [0.5, 0.6) is 0 Å². The van der Waals surface area contributed by atoms with E-state index in [1.54, 1.807) is 19.2 Å². The maximum absolute atomic E-state index is 13.7. The van der Waals surface area contributed by atoms with Gasteiger partial charge in [-0.05, 0) is 36.4 Å². The van der Waals surface area contributed by atoms with Gasteiger partial charge in [-0.1, -0.05) is 18.2 Å². The molecule has 0 aliphatic carbocycles. The molecule has 0 spiro atoms. The van der Waals surface area contributed by atoms with Gasteiger partial charge in [0.05, 0.1) is 17.6 Å². The molecular weight excluding hydrogens is 343 g/mol. The van der Waals surface area contributed by atoms with Crippen LogP contribution in [-0.4, -0.2) is 17.9 Å². The molecule has 2 aromatic carbocycles. The number of halogens is 3. The third-order valence-corrected chi connectivity index (χ3v) is 3.74. The van der Waals surface area contributed by atoms with E-state index in [2.05, 4.69) is 10.3 Å². The van der Waals surface area contributed by atoms with Gasteiger partial charge in [0.15, 0.2) is 17.5 Å². The van der Waals surface area contributed by atoms with Gasteiger partial charge in [0.1, 0.15) is 5.69 Å². The summed E-state index contributed by atoms with van der Waals surface area (Å²) in [5.74, 6) is -4.47. The van der Waals surface area contributed by atoms with E-state index in [-0.39, 0.29) is 17.3 Å². The van der Waals surface area contributed by atoms with Crippen LogP contribution in [0.25, 0.3) is 0 Å². The van der Waals surface area contributed by atoms with Crippen LogP contribution < -0.4 is 10.2 Å². The van der Waals surface area contributed by atoms with Crippen molar-refractivity contribution < 1.29 is 18.0 Å². The first-order valence-electron chi connectivity index (χ1n) is 7.67. The SMILES string of the molecule is CN(C(=O)c1ccc(Nc2ccc(F)c(F)c2F)cn1)c1ccccc1. The minimum absolute atomic E-state index is 0.188. The zero-order valence-electron chi connectivity index (χ0n) is 13.7. The fourth-order valence-corrected chi connectivity index (χ4v) is 2.31. The van der Waals surface area contributed by atoms with Crippen molar-refractivity contribution in [2.45, 2.75) is 0 Å². The summed E-state index contributed by atoms with van der Waals surface area (Å²) in [6.45, 7) is 0. The van der Waals surface area contributed by atoms with Gasteiger partial charge in [-0.15, -0.1) is 0 Å². The summed E-state index contributed by atoms with van der Waals surface area (Å²) in [5, 5.41) is 2.60. The van der Waals surface area contributed by atoms with Gasteiger partial charge in [0.2, 0.25) is 0 Å². The number of hydrogen-bond donors (Lipinski definition) is 1. The maximum Gasteiger partial charge on any atom is 0.276 e. The largest absolute Gasteiger partial charge is 0.352 e. The minimum atomic E-state index is -1.56. The molecule has 1 amide bonds. The number of carbonyl (C=O) groups excluding carboxylic acids is 1. The molecule has 26 heavy (non-hydrogen) atoms. The Kier molecular flexibility index (Phi) is 4.88. The molecule has 3 aromatic rings. The first kappa shape index (κ1) is 17.5. The van der Waals surface area contributed by atoms with Gasteiger partial charge in [-0.3, -0.25) is 4.79 Å². The van der Waals surface area contributed by atoms with Crippen LogP contribution in [0.3, 0.4) is 0 Å². The molecule has 1 aromatic heterocycles. The Morgan fingerprint density at radius 3 is 2.35 bits per heavy atom. The highest BCUT2D eigenvalue weighted by molar-refractivity contribution is 6.04. The number of nitrogens with one attached hydrogen (secondary N) is 1. The average molecular weight is 357 g/mol. The lowest BCUT2D eigenvalue weighted by Crippen LogP contribution is -2.26. The quantitative estimate of drug-likeness (QED) is 0.699. The van der Waals surface area contributed by atoms with Crippen LogP contribution in [0.1, 0.15) is 10.5 Å².